The number of methoxy groups -OCH3 is 1. The van der Waals surface area contributed by atoms with E-state index in [0.717, 1.165) is 13.2 Å². The summed E-state index contributed by atoms with van der Waals surface area (Å²) in [7, 11) is 1.12. The number of benzene rings is 1. The summed E-state index contributed by atoms with van der Waals surface area (Å²) in [4.78, 5) is 21.7. The van der Waals surface area contributed by atoms with Crippen LogP contribution in [0.4, 0.5) is 5.69 Å². The van der Waals surface area contributed by atoms with Crippen molar-refractivity contribution in [1.82, 2.24) is 5.32 Å². The summed E-state index contributed by atoms with van der Waals surface area (Å²) in [6, 6.07) is 3.75. The van der Waals surface area contributed by atoms with Gasteiger partial charge in [0.1, 0.15) is 5.56 Å². The van der Waals surface area contributed by atoms with E-state index in [4.69, 9.17) is 5.11 Å². The molecule has 0 aliphatic carbocycles. The van der Waals surface area contributed by atoms with Gasteiger partial charge in [0, 0.05) is 19.2 Å². The van der Waals surface area contributed by atoms with Crippen LogP contribution in [-0.4, -0.2) is 47.9 Å². The average molecular weight is 284 g/mol. The van der Waals surface area contributed by atoms with E-state index in [1.165, 1.54) is 12.1 Å². The molecule has 8 heteroatoms. The maximum atomic E-state index is 11.5. The Morgan fingerprint density at radius 1 is 1.55 bits per heavy atom. The zero-order chi connectivity index (χ0) is 15.1. The van der Waals surface area contributed by atoms with Gasteiger partial charge in [0.2, 0.25) is 0 Å². The quantitative estimate of drug-likeness (QED) is 0.279. The van der Waals surface area contributed by atoms with E-state index in [9.17, 15) is 20.0 Å². The van der Waals surface area contributed by atoms with Crippen LogP contribution in [0.3, 0.4) is 0 Å². The highest BCUT2D eigenvalue weighted by Gasteiger charge is 2.22. The molecule has 0 heterocycles. The van der Waals surface area contributed by atoms with Crippen LogP contribution < -0.4 is 5.32 Å². The van der Waals surface area contributed by atoms with Crippen LogP contribution in [-0.2, 0) is 4.74 Å². The Morgan fingerprint density at radius 3 is 2.80 bits per heavy atom. The first kappa shape index (κ1) is 16.0. The van der Waals surface area contributed by atoms with Gasteiger partial charge in [-0.2, -0.15) is 0 Å². The van der Waals surface area contributed by atoms with E-state index in [-0.39, 0.29) is 24.4 Å². The lowest BCUT2D eigenvalue weighted by molar-refractivity contribution is -0.385. The lowest BCUT2D eigenvalue weighted by atomic mass is 10.0. The number of nitro groups is 1. The Labute approximate surface area is 115 Å². The summed E-state index contributed by atoms with van der Waals surface area (Å²) in [5.41, 5.74) is -0.242. The fraction of sp³-hybridized carbons (Fsp3) is 0.417. The third-order valence-corrected chi connectivity index (χ3v) is 2.63. The highest BCUT2D eigenvalue weighted by Crippen LogP contribution is 2.24. The molecule has 20 heavy (non-hydrogen) atoms. The van der Waals surface area contributed by atoms with Gasteiger partial charge in [-0.05, 0) is 17.7 Å². The second-order valence-electron chi connectivity index (χ2n) is 3.97. The average Bonchev–Trinajstić information content (AvgIpc) is 2.45. The predicted octanol–water partition coefficient (Wildman–Crippen LogP) is -0.00330. The predicted molar refractivity (Wildman–Crippen MR) is 69.4 cm³/mol. The minimum atomic E-state index is -0.953. The molecular formula is C12H16N2O6. The lowest BCUT2D eigenvalue weighted by Crippen LogP contribution is -2.24. The van der Waals surface area contributed by atoms with E-state index < -0.39 is 17.0 Å². The smallest absolute Gasteiger partial charge is 0.344 e. The molecule has 1 aromatic carbocycles. The monoisotopic (exact) mass is 284 g/mol. The van der Waals surface area contributed by atoms with Crippen LogP contribution in [0.1, 0.15) is 22.0 Å². The number of nitro benzene ring substituents is 1. The third-order valence-electron chi connectivity index (χ3n) is 2.63. The lowest BCUT2D eigenvalue weighted by Gasteiger charge is -2.12. The van der Waals surface area contributed by atoms with Crippen molar-refractivity contribution >= 4 is 11.7 Å². The van der Waals surface area contributed by atoms with Gasteiger partial charge >= 0.3 is 5.97 Å². The van der Waals surface area contributed by atoms with Gasteiger partial charge in [-0.1, -0.05) is 0 Å². The van der Waals surface area contributed by atoms with Crippen LogP contribution in [0.15, 0.2) is 18.2 Å². The van der Waals surface area contributed by atoms with Gasteiger partial charge in [0.25, 0.3) is 5.69 Å². The number of ether oxygens (including phenoxy) is 1. The molecule has 0 amide bonds. The fourth-order valence-electron chi connectivity index (χ4n) is 1.63. The molecule has 1 aromatic rings. The Kier molecular flexibility index (Phi) is 6.04. The molecule has 0 fully saturated rings. The van der Waals surface area contributed by atoms with Crippen molar-refractivity contribution in [3.8, 4) is 0 Å². The second-order valence-corrected chi connectivity index (χ2v) is 3.97. The van der Waals surface area contributed by atoms with Crippen LogP contribution in [0.5, 0.6) is 0 Å². The molecule has 110 valence electrons. The Bertz CT molecular complexity index is 491. The summed E-state index contributed by atoms with van der Waals surface area (Å²) in [5.74, 6) is -0.839. The minimum absolute atomic E-state index is 0.0691. The Morgan fingerprint density at radius 2 is 2.25 bits per heavy atom. The first-order chi connectivity index (χ1) is 9.51. The summed E-state index contributed by atoms with van der Waals surface area (Å²) < 4.78 is 4.49. The first-order valence-electron chi connectivity index (χ1n) is 5.87. The Balaban J connectivity index is 3.00. The van der Waals surface area contributed by atoms with Crippen LogP contribution >= 0.6 is 0 Å². The molecule has 0 saturated carbocycles. The number of aliphatic hydroxyl groups is 2. The van der Waals surface area contributed by atoms with Gasteiger partial charge < -0.3 is 20.3 Å². The minimum Gasteiger partial charge on any atom is -0.465 e. The normalized spacial score (nSPS) is 11.9. The Hall–Kier alpha value is -2.03. The SMILES string of the molecule is COC(=O)c1cc(C(O)CNCCO)ccc1[N+](=O)[O-]. The number of aliphatic hydroxyl groups excluding tert-OH is 2. The molecule has 8 nitrogen and oxygen atoms in total. The van der Waals surface area contributed by atoms with Crippen molar-refractivity contribution in [3.05, 3.63) is 39.4 Å². The van der Waals surface area contributed by atoms with Crippen LogP contribution in [0.2, 0.25) is 0 Å². The number of hydrogen-bond donors (Lipinski definition) is 3. The summed E-state index contributed by atoms with van der Waals surface area (Å²) in [6.45, 7) is 0.396. The van der Waals surface area contributed by atoms with E-state index in [0.29, 0.717) is 12.1 Å². The number of rotatable bonds is 7. The summed E-state index contributed by atoms with van der Waals surface area (Å²) in [6.07, 6.45) is -0.953. The number of carbonyl (C=O) groups excluding carboxylic acids is 1. The van der Waals surface area contributed by atoms with Crippen molar-refractivity contribution in [3.63, 3.8) is 0 Å². The van der Waals surface area contributed by atoms with Crippen molar-refractivity contribution in [2.75, 3.05) is 26.8 Å². The highest BCUT2D eigenvalue weighted by molar-refractivity contribution is 5.94. The molecule has 1 rings (SSSR count). The number of nitrogens with zero attached hydrogens (tertiary/aromatic N) is 1. The third kappa shape index (κ3) is 3.98. The number of carbonyl (C=O) groups is 1. The largest absolute Gasteiger partial charge is 0.465 e. The zero-order valence-electron chi connectivity index (χ0n) is 10.9. The maximum absolute atomic E-state index is 11.5. The molecule has 3 N–H and O–H groups in total. The standard InChI is InChI=1S/C12H16N2O6/c1-20-12(17)9-6-8(2-3-10(9)14(18)19)11(16)7-13-4-5-15/h2-3,6,11,13,15-16H,4-5,7H2,1H3. The molecule has 0 aliphatic rings. The molecule has 0 aliphatic heterocycles. The highest BCUT2D eigenvalue weighted by atomic mass is 16.6. The van der Waals surface area contributed by atoms with Crippen molar-refractivity contribution in [1.29, 1.82) is 0 Å². The van der Waals surface area contributed by atoms with Gasteiger partial charge in [0.05, 0.1) is 24.7 Å². The molecule has 0 spiro atoms. The fourth-order valence-corrected chi connectivity index (χ4v) is 1.63. The number of nitrogens with one attached hydrogen (secondary N) is 1. The van der Waals surface area contributed by atoms with Crippen molar-refractivity contribution in [2.45, 2.75) is 6.10 Å². The summed E-state index contributed by atoms with van der Waals surface area (Å²) >= 11 is 0. The molecule has 0 bridgehead atoms. The molecule has 1 unspecified atom stereocenters. The van der Waals surface area contributed by atoms with Gasteiger partial charge in [0.15, 0.2) is 0 Å². The molecule has 0 radical (unpaired) electrons. The van der Waals surface area contributed by atoms with Crippen LogP contribution in [0, 0.1) is 10.1 Å². The van der Waals surface area contributed by atoms with E-state index in [2.05, 4.69) is 10.1 Å². The van der Waals surface area contributed by atoms with E-state index in [1.807, 2.05) is 0 Å². The van der Waals surface area contributed by atoms with E-state index in [1.54, 1.807) is 0 Å². The van der Waals surface area contributed by atoms with E-state index >= 15 is 0 Å². The molecule has 1 atom stereocenters. The second kappa shape index (κ2) is 7.53. The topological polar surface area (TPSA) is 122 Å². The van der Waals surface area contributed by atoms with Crippen molar-refractivity contribution < 1.29 is 24.7 Å². The van der Waals surface area contributed by atoms with Gasteiger partial charge in [-0.25, -0.2) is 4.79 Å². The molecular weight excluding hydrogens is 268 g/mol. The number of esters is 1. The van der Waals surface area contributed by atoms with Gasteiger partial charge in [-0.3, -0.25) is 10.1 Å². The zero-order valence-corrected chi connectivity index (χ0v) is 10.9. The first-order valence-corrected chi connectivity index (χ1v) is 5.87. The van der Waals surface area contributed by atoms with Crippen molar-refractivity contribution in [2.24, 2.45) is 0 Å². The summed E-state index contributed by atoms with van der Waals surface area (Å²) in [5, 5.41) is 32.1. The molecule has 0 aromatic heterocycles. The molecule has 0 saturated heterocycles. The maximum Gasteiger partial charge on any atom is 0.344 e. The van der Waals surface area contributed by atoms with Gasteiger partial charge in [-0.15, -0.1) is 0 Å². The number of hydrogen-bond acceptors (Lipinski definition) is 7. The van der Waals surface area contributed by atoms with Crippen LogP contribution in [0.25, 0.3) is 0 Å².